The van der Waals surface area contributed by atoms with E-state index in [9.17, 15) is 0 Å². The predicted molar refractivity (Wildman–Crippen MR) is 69.3 cm³/mol. The highest BCUT2D eigenvalue weighted by Crippen LogP contribution is 2.29. The third kappa shape index (κ3) is 3.76. The first kappa shape index (κ1) is 13.0. The van der Waals surface area contributed by atoms with Crippen molar-refractivity contribution in [2.24, 2.45) is 0 Å². The van der Waals surface area contributed by atoms with E-state index in [1.807, 2.05) is 0 Å². The van der Waals surface area contributed by atoms with Gasteiger partial charge in [0, 0.05) is 12.2 Å². The number of aliphatic hydroxyl groups is 1. The Balaban J connectivity index is 2.77. The molecule has 84 valence electrons. The lowest BCUT2D eigenvalue weighted by Crippen LogP contribution is -2.02. The van der Waals surface area contributed by atoms with Crippen LogP contribution in [-0.2, 0) is 6.61 Å². The number of benzene rings is 1. The standard InChI is InChI=1S/C10H13Cl2NOS/c11-9-5-8(13-2-1-3-15)4-7(6-14)10(9)12/h4-5,13-15H,1-3,6H2. The Kier molecular flexibility index (Phi) is 5.61. The van der Waals surface area contributed by atoms with E-state index in [-0.39, 0.29) is 6.61 Å². The largest absolute Gasteiger partial charge is 0.392 e. The molecule has 5 heteroatoms. The highest BCUT2D eigenvalue weighted by molar-refractivity contribution is 7.80. The van der Waals surface area contributed by atoms with Crippen LogP contribution in [0.1, 0.15) is 12.0 Å². The van der Waals surface area contributed by atoms with Gasteiger partial charge in [0.2, 0.25) is 0 Å². The summed E-state index contributed by atoms with van der Waals surface area (Å²) in [4.78, 5) is 0. The van der Waals surface area contributed by atoms with Gasteiger partial charge in [0.05, 0.1) is 16.7 Å². The van der Waals surface area contributed by atoms with Crippen molar-refractivity contribution >= 4 is 41.5 Å². The first-order chi connectivity index (χ1) is 7.19. The van der Waals surface area contributed by atoms with Crippen molar-refractivity contribution in [3.63, 3.8) is 0 Å². The molecule has 0 fully saturated rings. The predicted octanol–water partition coefficient (Wildman–Crippen LogP) is 3.22. The van der Waals surface area contributed by atoms with Gasteiger partial charge in [0.25, 0.3) is 0 Å². The van der Waals surface area contributed by atoms with E-state index in [4.69, 9.17) is 28.3 Å². The number of halogens is 2. The Morgan fingerprint density at radius 1 is 1.33 bits per heavy atom. The Labute approximate surface area is 105 Å². The summed E-state index contributed by atoms with van der Waals surface area (Å²) in [6, 6.07) is 3.55. The summed E-state index contributed by atoms with van der Waals surface area (Å²) in [5, 5.41) is 13.1. The smallest absolute Gasteiger partial charge is 0.0697 e. The van der Waals surface area contributed by atoms with E-state index in [0.717, 1.165) is 24.4 Å². The second kappa shape index (κ2) is 6.48. The number of rotatable bonds is 5. The molecule has 2 nitrogen and oxygen atoms in total. The fourth-order valence-electron chi connectivity index (χ4n) is 1.17. The van der Waals surface area contributed by atoms with Crippen molar-refractivity contribution in [1.82, 2.24) is 0 Å². The van der Waals surface area contributed by atoms with Gasteiger partial charge in [-0.1, -0.05) is 23.2 Å². The topological polar surface area (TPSA) is 32.3 Å². The molecule has 0 heterocycles. The molecule has 15 heavy (non-hydrogen) atoms. The molecule has 1 aromatic carbocycles. The summed E-state index contributed by atoms with van der Waals surface area (Å²) < 4.78 is 0. The second-order valence-corrected chi connectivity index (χ2v) is 4.33. The van der Waals surface area contributed by atoms with E-state index in [1.165, 1.54) is 0 Å². The number of nitrogens with one attached hydrogen (secondary N) is 1. The highest BCUT2D eigenvalue weighted by atomic mass is 35.5. The van der Waals surface area contributed by atoms with Gasteiger partial charge in [-0.2, -0.15) is 12.6 Å². The van der Waals surface area contributed by atoms with Crippen LogP contribution in [0, 0.1) is 0 Å². The van der Waals surface area contributed by atoms with Crippen molar-refractivity contribution in [3.05, 3.63) is 27.7 Å². The maximum Gasteiger partial charge on any atom is 0.0697 e. The summed E-state index contributed by atoms with van der Waals surface area (Å²) in [7, 11) is 0. The maximum absolute atomic E-state index is 9.06. The van der Waals surface area contributed by atoms with E-state index >= 15 is 0 Å². The van der Waals surface area contributed by atoms with Crippen LogP contribution in [0.2, 0.25) is 10.0 Å². The zero-order chi connectivity index (χ0) is 11.3. The zero-order valence-electron chi connectivity index (χ0n) is 8.13. The van der Waals surface area contributed by atoms with Crippen molar-refractivity contribution in [2.75, 3.05) is 17.6 Å². The van der Waals surface area contributed by atoms with Gasteiger partial charge < -0.3 is 10.4 Å². The summed E-state index contributed by atoms with van der Waals surface area (Å²) in [5.74, 6) is 0.835. The monoisotopic (exact) mass is 265 g/mol. The number of anilines is 1. The summed E-state index contributed by atoms with van der Waals surface area (Å²) in [6.07, 6.45) is 0.970. The van der Waals surface area contributed by atoms with E-state index in [0.29, 0.717) is 15.6 Å². The molecule has 0 atom stereocenters. The van der Waals surface area contributed by atoms with Gasteiger partial charge in [0.15, 0.2) is 0 Å². The van der Waals surface area contributed by atoms with Crippen molar-refractivity contribution < 1.29 is 5.11 Å². The molecule has 0 amide bonds. The molecular weight excluding hydrogens is 253 g/mol. The van der Waals surface area contributed by atoms with Crippen LogP contribution in [0.25, 0.3) is 0 Å². The summed E-state index contributed by atoms with van der Waals surface area (Å²) in [5.41, 5.74) is 1.51. The lowest BCUT2D eigenvalue weighted by molar-refractivity contribution is 0.282. The third-order valence-electron chi connectivity index (χ3n) is 1.94. The van der Waals surface area contributed by atoms with E-state index < -0.39 is 0 Å². The van der Waals surface area contributed by atoms with Gasteiger partial charge in [-0.25, -0.2) is 0 Å². The number of thiol groups is 1. The van der Waals surface area contributed by atoms with Gasteiger partial charge in [-0.15, -0.1) is 0 Å². The molecule has 0 unspecified atom stereocenters. The zero-order valence-corrected chi connectivity index (χ0v) is 10.5. The van der Waals surface area contributed by atoms with Crippen LogP contribution in [-0.4, -0.2) is 17.4 Å². The van der Waals surface area contributed by atoms with Crippen LogP contribution < -0.4 is 5.32 Å². The first-order valence-electron chi connectivity index (χ1n) is 4.62. The molecule has 1 aromatic rings. The second-order valence-electron chi connectivity index (χ2n) is 3.09. The van der Waals surface area contributed by atoms with Gasteiger partial charge in [0.1, 0.15) is 0 Å². The molecule has 1 rings (SSSR count). The highest BCUT2D eigenvalue weighted by Gasteiger charge is 2.06. The van der Waals surface area contributed by atoms with Crippen molar-refractivity contribution in [1.29, 1.82) is 0 Å². The minimum Gasteiger partial charge on any atom is -0.392 e. The molecule has 0 bridgehead atoms. The first-order valence-corrected chi connectivity index (χ1v) is 6.01. The molecule has 0 aliphatic carbocycles. The van der Waals surface area contributed by atoms with Gasteiger partial charge >= 0.3 is 0 Å². The number of hydrogen-bond donors (Lipinski definition) is 3. The molecule has 0 spiro atoms. The Morgan fingerprint density at radius 3 is 2.67 bits per heavy atom. The lowest BCUT2D eigenvalue weighted by atomic mass is 10.2. The molecule has 0 aliphatic heterocycles. The average molecular weight is 266 g/mol. The molecule has 0 aromatic heterocycles. The molecule has 0 aliphatic rings. The Hall–Kier alpha value is -0.0900. The van der Waals surface area contributed by atoms with Crippen molar-refractivity contribution in [3.8, 4) is 0 Å². The van der Waals surface area contributed by atoms with Crippen LogP contribution in [0.15, 0.2) is 12.1 Å². The van der Waals surface area contributed by atoms with E-state index in [2.05, 4.69) is 17.9 Å². The fourth-order valence-corrected chi connectivity index (χ4v) is 1.74. The lowest BCUT2D eigenvalue weighted by Gasteiger charge is -2.09. The van der Waals surface area contributed by atoms with Crippen LogP contribution in [0.5, 0.6) is 0 Å². The van der Waals surface area contributed by atoms with Crippen molar-refractivity contribution in [2.45, 2.75) is 13.0 Å². The number of aliphatic hydroxyl groups excluding tert-OH is 1. The SMILES string of the molecule is OCc1cc(NCCCS)cc(Cl)c1Cl. The normalized spacial score (nSPS) is 10.4. The van der Waals surface area contributed by atoms with Crippen LogP contribution in [0.3, 0.4) is 0 Å². The van der Waals surface area contributed by atoms with Crippen LogP contribution >= 0.6 is 35.8 Å². The molecule has 2 N–H and O–H groups in total. The molecule has 0 radical (unpaired) electrons. The average Bonchev–Trinajstić information content (AvgIpc) is 2.23. The Morgan fingerprint density at radius 2 is 2.07 bits per heavy atom. The third-order valence-corrected chi connectivity index (χ3v) is 3.10. The minimum atomic E-state index is -0.110. The van der Waals surface area contributed by atoms with E-state index in [1.54, 1.807) is 12.1 Å². The fraction of sp³-hybridized carbons (Fsp3) is 0.400. The number of hydrogen-bond acceptors (Lipinski definition) is 3. The molecule has 0 saturated heterocycles. The Bertz CT molecular complexity index is 333. The molecule has 0 saturated carbocycles. The van der Waals surface area contributed by atoms with Crippen LogP contribution in [0.4, 0.5) is 5.69 Å². The summed E-state index contributed by atoms with van der Waals surface area (Å²) in [6.45, 7) is 0.715. The minimum absolute atomic E-state index is 0.110. The van der Waals surface area contributed by atoms with Gasteiger partial charge in [-0.3, -0.25) is 0 Å². The molecular formula is C10H13Cl2NOS. The van der Waals surface area contributed by atoms with Gasteiger partial charge in [-0.05, 0) is 29.9 Å². The summed E-state index contributed by atoms with van der Waals surface area (Å²) >= 11 is 15.9. The quantitative estimate of drug-likeness (QED) is 0.564. The maximum atomic E-state index is 9.06.